The molecule has 0 radical (unpaired) electrons. The second-order valence-electron chi connectivity index (χ2n) is 4.61. The van der Waals surface area contributed by atoms with Gasteiger partial charge in [-0.3, -0.25) is 4.90 Å². The molecule has 0 N–H and O–H groups in total. The highest BCUT2D eigenvalue weighted by Crippen LogP contribution is 2.19. The molecule has 0 atom stereocenters. The van der Waals surface area contributed by atoms with Crippen molar-refractivity contribution in [3.8, 4) is 11.8 Å². The van der Waals surface area contributed by atoms with Crippen LogP contribution in [0.2, 0.25) is 0 Å². The number of hydrogen-bond acceptors (Lipinski definition) is 4. The molecule has 0 bridgehead atoms. The third kappa shape index (κ3) is 3.34. The van der Waals surface area contributed by atoms with Gasteiger partial charge in [0.15, 0.2) is 0 Å². The highest BCUT2D eigenvalue weighted by Gasteiger charge is 2.09. The zero-order chi connectivity index (χ0) is 14.4. The summed E-state index contributed by atoms with van der Waals surface area (Å²) in [6.07, 6.45) is 1.64. The maximum Gasteiger partial charge on any atom is 0.144 e. The van der Waals surface area contributed by atoms with Gasteiger partial charge in [0.1, 0.15) is 17.5 Å². The Labute approximate surface area is 119 Å². The molecule has 4 heteroatoms. The first-order valence-electron chi connectivity index (χ1n) is 6.39. The Morgan fingerprint density at radius 1 is 1.15 bits per heavy atom. The van der Waals surface area contributed by atoms with Crippen molar-refractivity contribution in [1.29, 1.82) is 5.26 Å². The van der Waals surface area contributed by atoms with E-state index in [4.69, 9.17) is 10.00 Å². The zero-order valence-corrected chi connectivity index (χ0v) is 11.7. The van der Waals surface area contributed by atoms with Gasteiger partial charge in [0, 0.05) is 30.4 Å². The fourth-order valence-corrected chi connectivity index (χ4v) is 2.14. The molecule has 4 nitrogen and oxygen atoms in total. The Morgan fingerprint density at radius 2 is 1.85 bits per heavy atom. The summed E-state index contributed by atoms with van der Waals surface area (Å²) in [7, 11) is 3.69. The van der Waals surface area contributed by atoms with Gasteiger partial charge in [-0.25, -0.2) is 4.98 Å². The standard InChI is InChI=1S/C16H17N3O/c1-19(11-13-7-5-9-18-15(13)10-17)12-14-6-3-4-8-16(14)20-2/h3-9H,11-12H2,1-2H3. The van der Waals surface area contributed by atoms with Gasteiger partial charge in [-0.05, 0) is 19.2 Å². The first kappa shape index (κ1) is 14.0. The molecule has 0 aliphatic carbocycles. The highest BCUT2D eigenvalue weighted by molar-refractivity contribution is 5.34. The van der Waals surface area contributed by atoms with E-state index in [0.29, 0.717) is 12.2 Å². The minimum atomic E-state index is 0.486. The zero-order valence-electron chi connectivity index (χ0n) is 11.7. The summed E-state index contributed by atoms with van der Waals surface area (Å²) >= 11 is 0. The average molecular weight is 267 g/mol. The summed E-state index contributed by atoms with van der Waals surface area (Å²) in [5, 5.41) is 9.05. The molecule has 0 saturated heterocycles. The van der Waals surface area contributed by atoms with Crippen LogP contribution >= 0.6 is 0 Å². The minimum Gasteiger partial charge on any atom is -0.496 e. The molecule has 0 aliphatic rings. The van der Waals surface area contributed by atoms with E-state index in [-0.39, 0.29) is 0 Å². The normalized spacial score (nSPS) is 10.3. The van der Waals surface area contributed by atoms with Gasteiger partial charge in [-0.2, -0.15) is 5.26 Å². The lowest BCUT2D eigenvalue weighted by Gasteiger charge is -2.18. The van der Waals surface area contributed by atoms with E-state index < -0.39 is 0 Å². The SMILES string of the molecule is COc1ccccc1CN(C)Cc1cccnc1C#N. The van der Waals surface area contributed by atoms with E-state index in [1.54, 1.807) is 13.3 Å². The van der Waals surface area contributed by atoms with Crippen LogP contribution in [-0.4, -0.2) is 24.0 Å². The van der Waals surface area contributed by atoms with E-state index >= 15 is 0 Å². The summed E-state index contributed by atoms with van der Waals surface area (Å²) in [5.41, 5.74) is 2.55. The monoisotopic (exact) mass is 267 g/mol. The van der Waals surface area contributed by atoms with Gasteiger partial charge in [-0.15, -0.1) is 0 Å². The van der Waals surface area contributed by atoms with Crippen LogP contribution in [0.15, 0.2) is 42.6 Å². The van der Waals surface area contributed by atoms with Gasteiger partial charge in [0.25, 0.3) is 0 Å². The summed E-state index contributed by atoms with van der Waals surface area (Å²) in [6.45, 7) is 1.43. The molecule has 2 aromatic rings. The number of nitriles is 1. The molecule has 102 valence electrons. The molecule has 0 amide bonds. The van der Waals surface area contributed by atoms with Crippen molar-refractivity contribution in [3.63, 3.8) is 0 Å². The number of benzene rings is 1. The minimum absolute atomic E-state index is 0.486. The highest BCUT2D eigenvalue weighted by atomic mass is 16.5. The van der Waals surface area contributed by atoms with Gasteiger partial charge in [-0.1, -0.05) is 24.3 Å². The summed E-state index contributed by atoms with van der Waals surface area (Å²) in [4.78, 5) is 6.21. The summed E-state index contributed by atoms with van der Waals surface area (Å²) in [5.74, 6) is 0.881. The van der Waals surface area contributed by atoms with E-state index in [1.807, 2.05) is 43.4 Å². The lowest BCUT2D eigenvalue weighted by molar-refractivity contribution is 0.309. The number of pyridine rings is 1. The number of hydrogen-bond donors (Lipinski definition) is 0. The molecular weight excluding hydrogens is 250 g/mol. The smallest absolute Gasteiger partial charge is 0.144 e. The maximum absolute atomic E-state index is 9.05. The first-order chi connectivity index (χ1) is 9.74. The molecule has 20 heavy (non-hydrogen) atoms. The van der Waals surface area contributed by atoms with Gasteiger partial charge < -0.3 is 4.74 Å². The number of rotatable bonds is 5. The number of aromatic nitrogens is 1. The van der Waals surface area contributed by atoms with Crippen LogP contribution in [0.25, 0.3) is 0 Å². The molecule has 0 unspecified atom stereocenters. The Kier molecular flexibility index (Phi) is 4.70. The molecule has 0 fully saturated rings. The van der Waals surface area contributed by atoms with Crippen molar-refractivity contribution < 1.29 is 4.74 Å². The van der Waals surface area contributed by atoms with Crippen molar-refractivity contribution in [2.45, 2.75) is 13.1 Å². The maximum atomic E-state index is 9.05. The molecule has 0 spiro atoms. The molecule has 1 heterocycles. The molecule has 0 saturated carbocycles. The number of methoxy groups -OCH3 is 1. The van der Waals surface area contributed by atoms with Gasteiger partial charge in [0.2, 0.25) is 0 Å². The average Bonchev–Trinajstić information content (AvgIpc) is 2.48. The van der Waals surface area contributed by atoms with Gasteiger partial charge in [0.05, 0.1) is 7.11 Å². The van der Waals surface area contributed by atoms with Crippen molar-refractivity contribution >= 4 is 0 Å². The van der Waals surface area contributed by atoms with Crippen LogP contribution in [0.5, 0.6) is 5.75 Å². The van der Waals surface area contributed by atoms with Crippen molar-refractivity contribution in [1.82, 2.24) is 9.88 Å². The predicted octanol–water partition coefficient (Wildman–Crippen LogP) is 2.59. The Hall–Kier alpha value is -2.38. The lowest BCUT2D eigenvalue weighted by atomic mass is 10.1. The number of nitrogens with zero attached hydrogens (tertiary/aromatic N) is 3. The third-order valence-electron chi connectivity index (χ3n) is 3.07. The van der Waals surface area contributed by atoms with E-state index in [9.17, 15) is 0 Å². The Balaban J connectivity index is 2.09. The number of ether oxygens (including phenoxy) is 1. The molecule has 0 aliphatic heterocycles. The van der Waals surface area contributed by atoms with E-state index in [0.717, 1.165) is 23.4 Å². The molecular formula is C16H17N3O. The van der Waals surface area contributed by atoms with E-state index in [2.05, 4.69) is 16.0 Å². The Morgan fingerprint density at radius 3 is 2.60 bits per heavy atom. The topological polar surface area (TPSA) is 49.1 Å². The van der Waals surface area contributed by atoms with Gasteiger partial charge >= 0.3 is 0 Å². The van der Waals surface area contributed by atoms with E-state index in [1.165, 1.54) is 0 Å². The largest absolute Gasteiger partial charge is 0.496 e. The molecule has 2 rings (SSSR count). The van der Waals surface area contributed by atoms with Crippen molar-refractivity contribution in [3.05, 3.63) is 59.4 Å². The van der Waals surface area contributed by atoms with Crippen LogP contribution in [-0.2, 0) is 13.1 Å². The fraction of sp³-hybridized carbons (Fsp3) is 0.250. The second kappa shape index (κ2) is 6.69. The van der Waals surface area contributed by atoms with Crippen LogP contribution in [0.1, 0.15) is 16.8 Å². The fourth-order valence-electron chi connectivity index (χ4n) is 2.14. The quantitative estimate of drug-likeness (QED) is 0.835. The summed E-state index contributed by atoms with van der Waals surface area (Å²) < 4.78 is 5.35. The van der Waals surface area contributed by atoms with Crippen molar-refractivity contribution in [2.75, 3.05) is 14.2 Å². The first-order valence-corrected chi connectivity index (χ1v) is 6.39. The third-order valence-corrected chi connectivity index (χ3v) is 3.07. The number of para-hydroxylation sites is 1. The molecule has 1 aromatic heterocycles. The van der Waals surface area contributed by atoms with Crippen LogP contribution in [0, 0.1) is 11.3 Å². The van der Waals surface area contributed by atoms with Crippen molar-refractivity contribution in [2.24, 2.45) is 0 Å². The molecule has 1 aromatic carbocycles. The van der Waals surface area contributed by atoms with Crippen LogP contribution in [0.3, 0.4) is 0 Å². The van der Waals surface area contributed by atoms with Crippen LogP contribution < -0.4 is 4.74 Å². The summed E-state index contributed by atoms with van der Waals surface area (Å²) in [6, 6.07) is 13.9. The lowest BCUT2D eigenvalue weighted by Crippen LogP contribution is -2.18. The second-order valence-corrected chi connectivity index (χ2v) is 4.61. The Bertz CT molecular complexity index is 619. The van der Waals surface area contributed by atoms with Crippen LogP contribution in [0.4, 0.5) is 0 Å². The predicted molar refractivity (Wildman–Crippen MR) is 77.1 cm³/mol.